The average molecular weight is 395 g/mol. The van der Waals surface area contributed by atoms with Crippen LogP contribution in [0.25, 0.3) is 22.0 Å². The van der Waals surface area contributed by atoms with E-state index in [1.54, 1.807) is 0 Å². The number of benzene rings is 2. The summed E-state index contributed by atoms with van der Waals surface area (Å²) in [5, 5.41) is 11.0. The fourth-order valence-electron chi connectivity index (χ4n) is 2.39. The van der Waals surface area contributed by atoms with Crippen molar-refractivity contribution in [3.05, 3.63) is 56.2 Å². The van der Waals surface area contributed by atoms with E-state index in [4.69, 9.17) is 11.6 Å². The first-order valence-electron chi connectivity index (χ1n) is 6.26. The predicted octanol–water partition coefficient (Wildman–Crippen LogP) is 5.17. The summed E-state index contributed by atoms with van der Waals surface area (Å²) in [5.41, 5.74) is 4.24. The lowest BCUT2D eigenvalue weighted by Crippen LogP contribution is -1.95. The zero-order valence-electron chi connectivity index (χ0n) is 11.1. The normalized spacial score (nSPS) is 11.0. The maximum atomic E-state index is 6.24. The Labute approximate surface area is 136 Å². The fourth-order valence-corrected chi connectivity index (χ4v) is 3.03. The van der Waals surface area contributed by atoms with Crippen LogP contribution in [-0.4, -0.2) is 10.2 Å². The van der Waals surface area contributed by atoms with Crippen molar-refractivity contribution in [2.75, 3.05) is 0 Å². The highest BCUT2D eigenvalue weighted by Crippen LogP contribution is 2.34. The molecule has 0 amide bonds. The van der Waals surface area contributed by atoms with E-state index in [1.165, 1.54) is 3.57 Å². The molecule has 0 aliphatic heterocycles. The van der Waals surface area contributed by atoms with Gasteiger partial charge < -0.3 is 0 Å². The standard InChI is InChI=1S/C16H12ClIN2/c1-9-3-4-10(2)14-13(9)15(19-20-16(14)17)11-5-7-12(18)8-6-11/h3-8H,1-2H3. The molecule has 0 N–H and O–H groups in total. The number of aryl methyl sites for hydroxylation is 2. The Morgan fingerprint density at radius 1 is 0.850 bits per heavy atom. The molecule has 1 heterocycles. The predicted molar refractivity (Wildman–Crippen MR) is 92.2 cm³/mol. The van der Waals surface area contributed by atoms with E-state index in [1.807, 2.05) is 6.92 Å². The minimum atomic E-state index is 0.468. The Morgan fingerprint density at radius 3 is 2.10 bits per heavy atom. The molecule has 0 saturated heterocycles. The van der Waals surface area contributed by atoms with Crippen LogP contribution in [0.4, 0.5) is 0 Å². The van der Waals surface area contributed by atoms with Gasteiger partial charge in [-0.05, 0) is 59.7 Å². The Balaban J connectivity index is 2.40. The van der Waals surface area contributed by atoms with Crippen LogP contribution < -0.4 is 0 Å². The van der Waals surface area contributed by atoms with Gasteiger partial charge in [0.15, 0.2) is 5.15 Å². The summed E-state index contributed by atoms with van der Waals surface area (Å²) in [6.07, 6.45) is 0. The van der Waals surface area contributed by atoms with Gasteiger partial charge in [-0.1, -0.05) is 35.9 Å². The number of hydrogen-bond donors (Lipinski definition) is 0. The third kappa shape index (κ3) is 2.29. The topological polar surface area (TPSA) is 25.8 Å². The third-order valence-electron chi connectivity index (χ3n) is 3.42. The van der Waals surface area contributed by atoms with Crippen LogP contribution in [0, 0.1) is 17.4 Å². The van der Waals surface area contributed by atoms with Gasteiger partial charge in [0.1, 0.15) is 5.69 Å². The highest BCUT2D eigenvalue weighted by Gasteiger charge is 2.13. The number of aromatic nitrogens is 2. The van der Waals surface area contributed by atoms with Crippen molar-refractivity contribution in [3.8, 4) is 11.3 Å². The van der Waals surface area contributed by atoms with Crippen molar-refractivity contribution in [1.29, 1.82) is 0 Å². The third-order valence-corrected chi connectivity index (χ3v) is 4.40. The van der Waals surface area contributed by atoms with E-state index in [-0.39, 0.29) is 0 Å². The Hall–Kier alpha value is -1.20. The van der Waals surface area contributed by atoms with Crippen LogP contribution in [0.15, 0.2) is 36.4 Å². The lowest BCUT2D eigenvalue weighted by molar-refractivity contribution is 1.05. The van der Waals surface area contributed by atoms with Crippen molar-refractivity contribution in [2.45, 2.75) is 13.8 Å². The molecule has 0 fully saturated rings. The second-order valence-electron chi connectivity index (χ2n) is 4.80. The number of rotatable bonds is 1. The smallest absolute Gasteiger partial charge is 0.148 e. The molecule has 0 aliphatic carbocycles. The van der Waals surface area contributed by atoms with Crippen molar-refractivity contribution < 1.29 is 0 Å². The van der Waals surface area contributed by atoms with Crippen molar-refractivity contribution in [1.82, 2.24) is 10.2 Å². The van der Waals surface area contributed by atoms with Gasteiger partial charge in [-0.25, -0.2) is 0 Å². The summed E-state index contributed by atoms with van der Waals surface area (Å²) in [6.45, 7) is 4.13. The Bertz CT molecular complexity index is 789. The molecule has 100 valence electrons. The molecule has 2 aromatic carbocycles. The average Bonchev–Trinajstić information content (AvgIpc) is 2.44. The molecule has 0 aliphatic rings. The quantitative estimate of drug-likeness (QED) is 0.532. The molecule has 20 heavy (non-hydrogen) atoms. The minimum Gasteiger partial charge on any atom is -0.148 e. The Morgan fingerprint density at radius 2 is 1.45 bits per heavy atom. The van der Waals surface area contributed by atoms with E-state index in [2.05, 4.69) is 76.1 Å². The van der Waals surface area contributed by atoms with E-state index in [0.717, 1.165) is 33.2 Å². The zero-order chi connectivity index (χ0) is 14.3. The van der Waals surface area contributed by atoms with E-state index < -0.39 is 0 Å². The fraction of sp³-hybridized carbons (Fsp3) is 0.125. The van der Waals surface area contributed by atoms with Crippen LogP contribution in [0.3, 0.4) is 0 Å². The number of fused-ring (bicyclic) bond motifs is 1. The van der Waals surface area contributed by atoms with Crippen molar-refractivity contribution in [2.24, 2.45) is 0 Å². The highest BCUT2D eigenvalue weighted by molar-refractivity contribution is 14.1. The van der Waals surface area contributed by atoms with Crippen molar-refractivity contribution in [3.63, 3.8) is 0 Å². The molecule has 1 aromatic heterocycles. The molecule has 0 unspecified atom stereocenters. The van der Waals surface area contributed by atoms with Crippen LogP contribution in [-0.2, 0) is 0 Å². The molecule has 0 radical (unpaired) electrons. The molecule has 0 atom stereocenters. The lowest BCUT2D eigenvalue weighted by atomic mass is 9.98. The largest absolute Gasteiger partial charge is 0.159 e. The second kappa shape index (κ2) is 5.30. The highest BCUT2D eigenvalue weighted by atomic mass is 127. The zero-order valence-corrected chi connectivity index (χ0v) is 14.0. The first kappa shape index (κ1) is 13.8. The summed E-state index contributed by atoms with van der Waals surface area (Å²) in [5.74, 6) is 0. The minimum absolute atomic E-state index is 0.468. The van der Waals surface area contributed by atoms with Gasteiger partial charge in [-0.15, -0.1) is 10.2 Å². The van der Waals surface area contributed by atoms with Gasteiger partial charge in [0, 0.05) is 19.9 Å². The molecule has 4 heteroatoms. The summed E-state index contributed by atoms with van der Waals surface area (Å²) < 4.78 is 1.20. The van der Waals surface area contributed by atoms with Gasteiger partial charge in [0.2, 0.25) is 0 Å². The number of halogens is 2. The summed E-state index contributed by atoms with van der Waals surface area (Å²) >= 11 is 8.54. The second-order valence-corrected chi connectivity index (χ2v) is 6.40. The van der Waals surface area contributed by atoms with Gasteiger partial charge in [-0.2, -0.15) is 0 Å². The van der Waals surface area contributed by atoms with Crippen LogP contribution >= 0.6 is 34.2 Å². The number of nitrogens with zero attached hydrogens (tertiary/aromatic N) is 2. The van der Waals surface area contributed by atoms with E-state index in [0.29, 0.717) is 5.15 Å². The van der Waals surface area contributed by atoms with Crippen molar-refractivity contribution >= 4 is 45.0 Å². The SMILES string of the molecule is Cc1ccc(C)c2c(-c3ccc(I)cc3)nnc(Cl)c12. The van der Waals surface area contributed by atoms with E-state index >= 15 is 0 Å². The van der Waals surface area contributed by atoms with Gasteiger partial charge >= 0.3 is 0 Å². The maximum absolute atomic E-state index is 6.24. The van der Waals surface area contributed by atoms with Gasteiger partial charge in [0.05, 0.1) is 0 Å². The molecule has 0 saturated carbocycles. The molecular weight excluding hydrogens is 383 g/mol. The summed E-state index contributed by atoms with van der Waals surface area (Å²) in [7, 11) is 0. The first-order valence-corrected chi connectivity index (χ1v) is 7.71. The van der Waals surface area contributed by atoms with Gasteiger partial charge in [0.25, 0.3) is 0 Å². The lowest BCUT2D eigenvalue weighted by Gasteiger charge is -2.11. The first-order chi connectivity index (χ1) is 9.58. The summed E-state index contributed by atoms with van der Waals surface area (Å²) in [4.78, 5) is 0. The van der Waals surface area contributed by atoms with E-state index in [9.17, 15) is 0 Å². The van der Waals surface area contributed by atoms with Gasteiger partial charge in [-0.3, -0.25) is 0 Å². The molecule has 0 spiro atoms. The number of hydrogen-bond acceptors (Lipinski definition) is 2. The summed E-state index contributed by atoms with van der Waals surface area (Å²) in [6, 6.07) is 12.5. The van der Waals surface area contributed by atoms with Crippen LogP contribution in [0.2, 0.25) is 5.15 Å². The molecule has 0 bridgehead atoms. The van der Waals surface area contributed by atoms with Crippen LogP contribution in [0.5, 0.6) is 0 Å². The monoisotopic (exact) mass is 394 g/mol. The molecule has 3 aromatic rings. The van der Waals surface area contributed by atoms with Crippen LogP contribution in [0.1, 0.15) is 11.1 Å². The molecule has 3 rings (SSSR count). The molecular formula is C16H12ClIN2. The maximum Gasteiger partial charge on any atom is 0.159 e. The molecule has 2 nitrogen and oxygen atoms in total. The Kier molecular flexibility index (Phi) is 3.65.